The molecular weight excluding hydrogens is 352 g/mol. The summed E-state index contributed by atoms with van der Waals surface area (Å²) in [7, 11) is 0. The molecule has 3 heterocycles. The highest BCUT2D eigenvalue weighted by Gasteiger charge is 2.34. The number of carbonyl (C=O) groups is 2. The van der Waals surface area contributed by atoms with E-state index >= 15 is 0 Å². The second-order valence-corrected chi connectivity index (χ2v) is 7.09. The fraction of sp³-hybridized carbons (Fsp3) is 0.211. The molecule has 3 aromatic rings. The summed E-state index contributed by atoms with van der Waals surface area (Å²) < 4.78 is 5.44. The lowest BCUT2D eigenvalue weighted by Crippen LogP contribution is -2.49. The molecule has 0 bridgehead atoms. The van der Waals surface area contributed by atoms with Crippen LogP contribution in [0.5, 0.6) is 0 Å². The average molecular weight is 368 g/mol. The van der Waals surface area contributed by atoms with Crippen LogP contribution in [0, 0.1) is 0 Å². The molecule has 0 radical (unpaired) electrons. The number of rotatable bonds is 4. The third kappa shape index (κ3) is 3.13. The first-order valence-corrected chi connectivity index (χ1v) is 9.07. The summed E-state index contributed by atoms with van der Waals surface area (Å²) in [6, 6.07) is 10.6. The lowest BCUT2D eigenvalue weighted by Gasteiger charge is -2.34. The molecule has 0 aliphatic carbocycles. The minimum absolute atomic E-state index is 0.0147. The van der Waals surface area contributed by atoms with Gasteiger partial charge >= 0.3 is 5.97 Å². The molecule has 1 aliphatic rings. The number of aliphatic carboxylic acids is 1. The van der Waals surface area contributed by atoms with Gasteiger partial charge in [0.1, 0.15) is 12.3 Å². The van der Waals surface area contributed by atoms with Crippen molar-refractivity contribution in [2.75, 3.05) is 0 Å². The number of carboxylic acid groups (broad SMARTS) is 1. The van der Waals surface area contributed by atoms with E-state index in [0.717, 1.165) is 16.0 Å². The normalized spacial score (nSPS) is 16.3. The minimum Gasteiger partial charge on any atom is -0.480 e. The summed E-state index contributed by atoms with van der Waals surface area (Å²) in [5, 5.41) is 11.5. The Kier molecular flexibility index (Phi) is 4.30. The Morgan fingerprint density at radius 1 is 1.23 bits per heavy atom. The zero-order chi connectivity index (χ0) is 18.1. The van der Waals surface area contributed by atoms with Gasteiger partial charge in [-0.1, -0.05) is 30.3 Å². The number of thiophene rings is 1. The molecule has 0 saturated heterocycles. The van der Waals surface area contributed by atoms with Gasteiger partial charge in [0.15, 0.2) is 0 Å². The van der Waals surface area contributed by atoms with E-state index in [4.69, 9.17) is 4.42 Å². The molecule has 7 heteroatoms. The minimum atomic E-state index is -0.993. The molecule has 0 fully saturated rings. The van der Waals surface area contributed by atoms with Gasteiger partial charge in [-0.25, -0.2) is 9.78 Å². The fourth-order valence-corrected chi connectivity index (χ4v) is 3.82. The summed E-state index contributed by atoms with van der Waals surface area (Å²) in [5.41, 5.74) is 2.46. The molecule has 26 heavy (non-hydrogen) atoms. The molecule has 4 rings (SSSR count). The first kappa shape index (κ1) is 16.5. The summed E-state index contributed by atoms with van der Waals surface area (Å²) in [6.07, 6.45) is 1.79. The Morgan fingerprint density at radius 2 is 2.04 bits per heavy atom. The van der Waals surface area contributed by atoms with E-state index < -0.39 is 12.0 Å². The number of carboxylic acids is 1. The Balaban J connectivity index is 1.54. The Hall–Kier alpha value is -2.93. The second kappa shape index (κ2) is 6.76. The van der Waals surface area contributed by atoms with Gasteiger partial charge in [0.05, 0.1) is 17.0 Å². The topological polar surface area (TPSA) is 83.6 Å². The maximum atomic E-state index is 12.8. The number of oxazole rings is 1. The standard InChI is InChI=1S/C19H16N2O4S/c22-17(9-14-11-25-18(20-14)16-6-3-7-26-16)21-10-13-5-2-1-4-12(13)8-15(21)19(23)24/h1-7,11,15H,8-10H2,(H,23,24)/t15-/m0/s1. The van der Waals surface area contributed by atoms with Crippen LogP contribution < -0.4 is 0 Å². The van der Waals surface area contributed by atoms with E-state index in [-0.39, 0.29) is 12.3 Å². The number of fused-ring (bicyclic) bond motifs is 1. The van der Waals surface area contributed by atoms with Crippen molar-refractivity contribution >= 4 is 23.2 Å². The monoisotopic (exact) mass is 368 g/mol. The molecule has 1 aromatic carbocycles. The van der Waals surface area contributed by atoms with E-state index in [0.29, 0.717) is 24.6 Å². The highest BCUT2D eigenvalue weighted by atomic mass is 32.1. The average Bonchev–Trinajstić information content (AvgIpc) is 3.32. The number of nitrogens with zero attached hydrogens (tertiary/aromatic N) is 2. The molecule has 1 aliphatic heterocycles. The van der Waals surface area contributed by atoms with Crippen LogP contribution in [0.3, 0.4) is 0 Å². The lowest BCUT2D eigenvalue weighted by atomic mass is 9.93. The third-order valence-electron chi connectivity index (χ3n) is 4.47. The second-order valence-electron chi connectivity index (χ2n) is 6.15. The van der Waals surface area contributed by atoms with Crippen molar-refractivity contribution in [3.05, 3.63) is 64.9 Å². The Labute approximate surface area is 153 Å². The predicted octanol–water partition coefficient (Wildman–Crippen LogP) is 2.98. The lowest BCUT2D eigenvalue weighted by molar-refractivity contribution is -0.151. The number of aromatic nitrogens is 1. The van der Waals surface area contributed by atoms with Crippen molar-refractivity contribution in [1.29, 1.82) is 0 Å². The first-order valence-electron chi connectivity index (χ1n) is 8.19. The van der Waals surface area contributed by atoms with E-state index in [1.165, 1.54) is 22.5 Å². The number of hydrogen-bond donors (Lipinski definition) is 1. The molecule has 132 valence electrons. The summed E-state index contributed by atoms with van der Waals surface area (Å²) in [6.45, 7) is 0.293. The largest absolute Gasteiger partial charge is 0.480 e. The number of amides is 1. The first-order chi connectivity index (χ1) is 12.6. The summed E-state index contributed by atoms with van der Waals surface area (Å²) in [4.78, 5) is 31.1. The van der Waals surface area contributed by atoms with E-state index in [1.807, 2.05) is 41.8 Å². The van der Waals surface area contributed by atoms with Crippen LogP contribution in [-0.2, 0) is 29.0 Å². The fourth-order valence-electron chi connectivity index (χ4n) is 3.16. The van der Waals surface area contributed by atoms with Crippen LogP contribution in [0.2, 0.25) is 0 Å². The van der Waals surface area contributed by atoms with E-state index in [1.54, 1.807) is 0 Å². The van der Waals surface area contributed by atoms with Gasteiger partial charge in [0, 0.05) is 13.0 Å². The Bertz CT molecular complexity index is 948. The number of carbonyl (C=O) groups excluding carboxylic acids is 1. The van der Waals surface area contributed by atoms with Crippen molar-refractivity contribution in [3.8, 4) is 10.8 Å². The van der Waals surface area contributed by atoms with Crippen LogP contribution in [0.1, 0.15) is 16.8 Å². The van der Waals surface area contributed by atoms with E-state index in [9.17, 15) is 14.7 Å². The van der Waals surface area contributed by atoms with Crippen LogP contribution in [0.4, 0.5) is 0 Å². The zero-order valence-electron chi connectivity index (χ0n) is 13.8. The van der Waals surface area contributed by atoms with Gasteiger partial charge in [-0.2, -0.15) is 0 Å². The van der Waals surface area contributed by atoms with Gasteiger partial charge < -0.3 is 14.4 Å². The van der Waals surface area contributed by atoms with Crippen molar-refractivity contribution in [3.63, 3.8) is 0 Å². The quantitative estimate of drug-likeness (QED) is 0.765. The Morgan fingerprint density at radius 3 is 2.77 bits per heavy atom. The molecule has 1 N–H and O–H groups in total. The summed E-state index contributed by atoms with van der Waals surface area (Å²) in [5.74, 6) is -0.785. The van der Waals surface area contributed by atoms with Crippen LogP contribution >= 0.6 is 11.3 Å². The van der Waals surface area contributed by atoms with Crippen LogP contribution in [0.25, 0.3) is 10.8 Å². The van der Waals surface area contributed by atoms with Crippen LogP contribution in [0.15, 0.2) is 52.5 Å². The van der Waals surface area contributed by atoms with Crippen molar-refractivity contribution in [1.82, 2.24) is 9.88 Å². The van der Waals surface area contributed by atoms with Gasteiger partial charge in [-0.05, 0) is 22.6 Å². The van der Waals surface area contributed by atoms with Crippen molar-refractivity contribution in [2.24, 2.45) is 0 Å². The van der Waals surface area contributed by atoms with Crippen molar-refractivity contribution in [2.45, 2.75) is 25.4 Å². The molecule has 2 aromatic heterocycles. The van der Waals surface area contributed by atoms with Gasteiger partial charge in [-0.3, -0.25) is 4.79 Å². The smallest absolute Gasteiger partial charge is 0.326 e. The number of benzene rings is 1. The third-order valence-corrected chi connectivity index (χ3v) is 5.33. The molecule has 1 atom stereocenters. The maximum absolute atomic E-state index is 12.8. The molecule has 6 nitrogen and oxygen atoms in total. The van der Waals surface area contributed by atoms with Crippen molar-refractivity contribution < 1.29 is 19.1 Å². The molecule has 1 amide bonds. The highest BCUT2D eigenvalue weighted by molar-refractivity contribution is 7.13. The molecule has 0 spiro atoms. The molecule has 0 saturated carbocycles. The predicted molar refractivity (Wildman–Crippen MR) is 95.6 cm³/mol. The van der Waals surface area contributed by atoms with Gasteiger partial charge in [0.25, 0.3) is 0 Å². The van der Waals surface area contributed by atoms with E-state index in [2.05, 4.69) is 4.98 Å². The zero-order valence-corrected chi connectivity index (χ0v) is 14.6. The van der Waals surface area contributed by atoms with Crippen LogP contribution in [-0.4, -0.2) is 32.9 Å². The maximum Gasteiger partial charge on any atom is 0.326 e. The molecular formula is C19H16N2O4S. The summed E-state index contributed by atoms with van der Waals surface area (Å²) >= 11 is 1.50. The number of hydrogen-bond acceptors (Lipinski definition) is 5. The highest BCUT2D eigenvalue weighted by Crippen LogP contribution is 2.26. The van der Waals surface area contributed by atoms with Gasteiger partial charge in [0.2, 0.25) is 11.8 Å². The van der Waals surface area contributed by atoms with Gasteiger partial charge in [-0.15, -0.1) is 11.3 Å². The SMILES string of the molecule is O=C(O)[C@@H]1Cc2ccccc2CN1C(=O)Cc1coc(-c2cccs2)n1. The molecule has 0 unspecified atom stereocenters.